The maximum absolute atomic E-state index is 5.56. The Morgan fingerprint density at radius 3 is 0.667 bits per heavy atom. The summed E-state index contributed by atoms with van der Waals surface area (Å²) < 4.78 is 71.7. The lowest BCUT2D eigenvalue weighted by atomic mass is 10.2. The molecule has 0 rings (SSSR count). The van der Waals surface area contributed by atoms with Gasteiger partial charge < -0.3 is 61.6 Å². The number of unbranched alkanes of at least 4 members (excludes halogenated alkanes) is 3. The SMILES string of the molecule is COCCOCCOCCOCCOCCOCCOCCOCCOCCOCCOCCOCCOCCCCCCI. The van der Waals surface area contributed by atoms with Crippen LogP contribution in [0.25, 0.3) is 0 Å². The van der Waals surface area contributed by atoms with Gasteiger partial charge in [0.15, 0.2) is 0 Å². The Morgan fingerprint density at radius 1 is 0.244 bits per heavy atom. The molecular formula is C31H63IO13. The molecule has 0 radical (unpaired) electrons. The number of methoxy groups -OCH3 is 1. The van der Waals surface area contributed by atoms with Crippen LogP contribution in [0.4, 0.5) is 0 Å². The van der Waals surface area contributed by atoms with E-state index in [1.54, 1.807) is 7.11 Å². The zero-order chi connectivity index (χ0) is 32.4. The van der Waals surface area contributed by atoms with Crippen molar-refractivity contribution in [1.82, 2.24) is 0 Å². The Bertz CT molecular complexity index is 470. The van der Waals surface area contributed by atoms with Gasteiger partial charge in [-0.1, -0.05) is 35.4 Å². The Hall–Kier alpha value is 0.210. The van der Waals surface area contributed by atoms with Crippen LogP contribution < -0.4 is 0 Å². The smallest absolute Gasteiger partial charge is 0.0701 e. The standard InChI is InChI=1S/C31H63IO13/c1-33-8-9-35-12-13-37-16-17-39-20-21-41-24-25-43-28-29-45-31-30-44-27-26-42-23-22-40-19-18-38-15-14-36-11-10-34-7-5-3-2-4-6-32/h2-31H2,1H3. The average Bonchev–Trinajstić information content (AvgIpc) is 3.05. The van der Waals surface area contributed by atoms with Crippen molar-refractivity contribution in [2.75, 3.05) is 177 Å². The topological polar surface area (TPSA) is 120 Å². The largest absolute Gasteiger partial charge is 0.382 e. The highest BCUT2D eigenvalue weighted by molar-refractivity contribution is 14.1. The Labute approximate surface area is 285 Å². The number of ether oxygens (including phenoxy) is 13. The van der Waals surface area contributed by atoms with E-state index in [1.165, 1.54) is 23.7 Å². The Kier molecular flexibility index (Phi) is 44.4. The van der Waals surface area contributed by atoms with E-state index in [1.807, 2.05) is 0 Å². The zero-order valence-corrected chi connectivity index (χ0v) is 30.1. The highest BCUT2D eigenvalue weighted by Gasteiger charge is 1.97. The second kappa shape index (κ2) is 44.2. The molecule has 0 aromatic rings. The van der Waals surface area contributed by atoms with E-state index in [0.29, 0.717) is 159 Å². The number of hydrogen-bond acceptors (Lipinski definition) is 13. The summed E-state index contributed by atoms with van der Waals surface area (Å²) in [6.45, 7) is 13.9. The predicted octanol–water partition coefficient (Wildman–Crippen LogP) is 2.83. The van der Waals surface area contributed by atoms with Gasteiger partial charge in [-0.05, 0) is 17.3 Å². The van der Waals surface area contributed by atoms with Crippen molar-refractivity contribution >= 4 is 22.6 Å². The third-order valence-electron chi connectivity index (χ3n) is 5.70. The highest BCUT2D eigenvalue weighted by atomic mass is 127. The molecule has 0 aromatic carbocycles. The first-order chi connectivity index (χ1) is 22.4. The van der Waals surface area contributed by atoms with Crippen molar-refractivity contribution in [3.8, 4) is 0 Å². The molecule has 272 valence electrons. The second-order valence-corrected chi connectivity index (χ2v) is 10.5. The molecule has 0 aliphatic rings. The fourth-order valence-electron chi connectivity index (χ4n) is 3.32. The Morgan fingerprint density at radius 2 is 0.444 bits per heavy atom. The molecule has 0 aliphatic carbocycles. The van der Waals surface area contributed by atoms with E-state index in [2.05, 4.69) is 22.6 Å². The fraction of sp³-hybridized carbons (Fsp3) is 1.00. The first-order valence-electron chi connectivity index (χ1n) is 16.4. The number of halogens is 1. The summed E-state index contributed by atoms with van der Waals surface area (Å²) in [6.07, 6.45) is 4.98. The molecule has 0 bridgehead atoms. The molecule has 13 nitrogen and oxygen atoms in total. The number of rotatable bonds is 42. The van der Waals surface area contributed by atoms with E-state index < -0.39 is 0 Å². The van der Waals surface area contributed by atoms with E-state index in [-0.39, 0.29) is 0 Å². The summed E-state index contributed by atoms with van der Waals surface area (Å²) in [5.74, 6) is 0. The fourth-order valence-corrected chi connectivity index (χ4v) is 3.85. The van der Waals surface area contributed by atoms with E-state index in [9.17, 15) is 0 Å². The molecule has 14 heteroatoms. The van der Waals surface area contributed by atoms with Crippen LogP contribution in [-0.4, -0.2) is 177 Å². The maximum Gasteiger partial charge on any atom is 0.0701 e. The van der Waals surface area contributed by atoms with Crippen molar-refractivity contribution in [2.24, 2.45) is 0 Å². The molecule has 45 heavy (non-hydrogen) atoms. The van der Waals surface area contributed by atoms with E-state index in [4.69, 9.17) is 61.6 Å². The van der Waals surface area contributed by atoms with Crippen LogP contribution in [0.3, 0.4) is 0 Å². The van der Waals surface area contributed by atoms with Gasteiger partial charge >= 0.3 is 0 Å². The van der Waals surface area contributed by atoms with Gasteiger partial charge in [0.2, 0.25) is 0 Å². The van der Waals surface area contributed by atoms with Crippen molar-refractivity contribution in [3.63, 3.8) is 0 Å². The summed E-state index contributed by atoms with van der Waals surface area (Å²) in [6, 6.07) is 0. The summed E-state index contributed by atoms with van der Waals surface area (Å²) in [5.41, 5.74) is 0. The van der Waals surface area contributed by atoms with Gasteiger partial charge in [-0.25, -0.2) is 0 Å². The van der Waals surface area contributed by atoms with Crippen molar-refractivity contribution < 1.29 is 61.6 Å². The van der Waals surface area contributed by atoms with Gasteiger partial charge in [0.1, 0.15) is 0 Å². The van der Waals surface area contributed by atoms with Crippen LogP contribution in [0.15, 0.2) is 0 Å². The molecule has 0 amide bonds. The molecule has 0 fully saturated rings. The molecule has 0 saturated heterocycles. The van der Waals surface area contributed by atoms with Gasteiger partial charge in [-0.3, -0.25) is 0 Å². The van der Waals surface area contributed by atoms with Crippen molar-refractivity contribution in [2.45, 2.75) is 25.7 Å². The second-order valence-electron chi connectivity index (χ2n) is 9.44. The lowest BCUT2D eigenvalue weighted by molar-refractivity contribution is -0.0287. The summed E-state index contributed by atoms with van der Waals surface area (Å²) >= 11 is 2.42. The van der Waals surface area contributed by atoms with Crippen molar-refractivity contribution in [3.05, 3.63) is 0 Å². The van der Waals surface area contributed by atoms with E-state index in [0.717, 1.165) is 13.0 Å². The molecule has 0 spiro atoms. The van der Waals surface area contributed by atoms with Crippen molar-refractivity contribution in [1.29, 1.82) is 0 Å². The van der Waals surface area contributed by atoms with Gasteiger partial charge in [-0.15, -0.1) is 0 Å². The van der Waals surface area contributed by atoms with Crippen LogP contribution in [0.5, 0.6) is 0 Å². The van der Waals surface area contributed by atoms with E-state index >= 15 is 0 Å². The minimum atomic E-state index is 0.516. The summed E-state index contributed by atoms with van der Waals surface area (Å²) in [4.78, 5) is 0. The molecule has 0 aromatic heterocycles. The highest BCUT2D eigenvalue weighted by Crippen LogP contribution is 2.02. The first-order valence-corrected chi connectivity index (χ1v) is 17.9. The minimum Gasteiger partial charge on any atom is -0.382 e. The normalized spacial score (nSPS) is 11.6. The van der Waals surface area contributed by atoms with Gasteiger partial charge in [0.25, 0.3) is 0 Å². The minimum absolute atomic E-state index is 0.516. The number of alkyl halides is 1. The average molecular weight is 771 g/mol. The lowest BCUT2D eigenvalue weighted by Crippen LogP contribution is -2.15. The van der Waals surface area contributed by atoms with Crippen LogP contribution in [-0.2, 0) is 61.6 Å². The quantitative estimate of drug-likeness (QED) is 0.0515. The molecule has 0 aliphatic heterocycles. The predicted molar refractivity (Wildman–Crippen MR) is 179 cm³/mol. The van der Waals surface area contributed by atoms with Crippen LogP contribution in [0.1, 0.15) is 25.7 Å². The Balaban J connectivity index is 3.03. The molecule has 0 saturated carbocycles. The molecule has 0 heterocycles. The van der Waals surface area contributed by atoms with Gasteiger partial charge in [-0.2, -0.15) is 0 Å². The summed E-state index contributed by atoms with van der Waals surface area (Å²) in [7, 11) is 1.65. The van der Waals surface area contributed by atoms with Crippen LogP contribution in [0.2, 0.25) is 0 Å². The molecular weight excluding hydrogens is 707 g/mol. The lowest BCUT2D eigenvalue weighted by Gasteiger charge is -2.09. The maximum atomic E-state index is 5.56. The summed E-state index contributed by atoms with van der Waals surface area (Å²) in [5, 5.41) is 0. The molecule has 0 atom stereocenters. The van der Waals surface area contributed by atoms with Crippen LogP contribution >= 0.6 is 22.6 Å². The van der Waals surface area contributed by atoms with Crippen LogP contribution in [0, 0.1) is 0 Å². The molecule has 0 unspecified atom stereocenters. The van der Waals surface area contributed by atoms with Gasteiger partial charge in [0.05, 0.1) is 159 Å². The monoisotopic (exact) mass is 770 g/mol. The van der Waals surface area contributed by atoms with Gasteiger partial charge in [0, 0.05) is 13.7 Å². The zero-order valence-electron chi connectivity index (χ0n) is 27.9. The third-order valence-corrected chi connectivity index (χ3v) is 6.46. The first kappa shape index (κ1) is 45.2. The number of hydrogen-bond donors (Lipinski definition) is 0. The molecule has 0 N–H and O–H groups in total. The third kappa shape index (κ3) is 44.2.